The molecule has 1 fully saturated rings. The molecule has 2 aromatic carbocycles. The first-order chi connectivity index (χ1) is 16.4. The van der Waals surface area contributed by atoms with Crippen molar-refractivity contribution >= 4 is 33.2 Å². The van der Waals surface area contributed by atoms with E-state index in [2.05, 4.69) is 10.0 Å². The molecule has 1 aromatic heterocycles. The highest BCUT2D eigenvalue weighted by atomic mass is 32.2. The zero-order valence-electron chi connectivity index (χ0n) is 17.9. The van der Waals surface area contributed by atoms with E-state index in [1.807, 2.05) is 0 Å². The lowest BCUT2D eigenvalue weighted by Crippen LogP contribution is -2.28. The van der Waals surface area contributed by atoms with E-state index < -0.39 is 15.9 Å². The van der Waals surface area contributed by atoms with Crippen molar-refractivity contribution in [1.29, 1.82) is 0 Å². The molecule has 0 aliphatic carbocycles. The summed E-state index contributed by atoms with van der Waals surface area (Å²) in [7, 11) is -3.74. The molecule has 1 saturated heterocycles. The van der Waals surface area contributed by atoms with Crippen LogP contribution < -0.4 is 24.4 Å². The topological polar surface area (TPSA) is 127 Å². The molecule has 5 rings (SSSR count). The molecular formula is C23H21N3O7S. The number of rotatable bonds is 7. The number of benzene rings is 2. The van der Waals surface area contributed by atoms with E-state index in [9.17, 15) is 18.0 Å². The van der Waals surface area contributed by atoms with Gasteiger partial charge in [-0.05, 0) is 48.5 Å². The summed E-state index contributed by atoms with van der Waals surface area (Å²) in [5.41, 5.74) is 1.07. The SMILES string of the molecule is O=C(Nc1ccc(S(=O)(=O)NCc2ccco2)cc1)C1CC(=O)N(c2ccc3c(c2)OCO3)C1. The zero-order chi connectivity index (χ0) is 23.7. The van der Waals surface area contributed by atoms with Gasteiger partial charge in [-0.25, -0.2) is 13.1 Å². The second-order valence-corrected chi connectivity index (χ2v) is 9.63. The Morgan fingerprint density at radius 1 is 1.06 bits per heavy atom. The number of nitrogens with one attached hydrogen (secondary N) is 2. The third-order valence-corrected chi connectivity index (χ3v) is 7.03. The lowest BCUT2D eigenvalue weighted by molar-refractivity contribution is -0.122. The van der Waals surface area contributed by atoms with Crippen LogP contribution in [0.3, 0.4) is 0 Å². The molecule has 1 atom stereocenters. The van der Waals surface area contributed by atoms with Crippen LogP contribution >= 0.6 is 0 Å². The van der Waals surface area contributed by atoms with Crippen molar-refractivity contribution in [2.75, 3.05) is 23.6 Å². The van der Waals surface area contributed by atoms with Crippen LogP contribution in [-0.2, 0) is 26.2 Å². The second kappa shape index (κ2) is 8.84. The minimum Gasteiger partial charge on any atom is -0.468 e. The van der Waals surface area contributed by atoms with E-state index in [1.165, 1.54) is 30.5 Å². The lowest BCUT2D eigenvalue weighted by Gasteiger charge is -2.17. The molecule has 0 bridgehead atoms. The molecular weight excluding hydrogens is 462 g/mol. The number of carbonyl (C=O) groups is 2. The summed E-state index contributed by atoms with van der Waals surface area (Å²) in [5, 5.41) is 2.76. The van der Waals surface area contributed by atoms with Crippen LogP contribution in [-0.4, -0.2) is 33.6 Å². The van der Waals surface area contributed by atoms with E-state index in [-0.39, 0.29) is 43.0 Å². The molecule has 34 heavy (non-hydrogen) atoms. The van der Waals surface area contributed by atoms with Gasteiger partial charge in [0.1, 0.15) is 5.76 Å². The normalized spacial score (nSPS) is 17.2. The first-order valence-corrected chi connectivity index (χ1v) is 12.0. The Morgan fingerprint density at radius 2 is 1.85 bits per heavy atom. The number of ether oxygens (including phenoxy) is 2. The van der Waals surface area contributed by atoms with Crippen LogP contribution in [0.1, 0.15) is 12.2 Å². The first kappa shape index (κ1) is 22.0. The summed E-state index contributed by atoms with van der Waals surface area (Å²) in [5.74, 6) is 0.647. The average Bonchev–Trinajstić information content (AvgIpc) is 3.58. The maximum absolute atomic E-state index is 12.8. The number of anilines is 2. The number of sulfonamides is 1. The van der Waals surface area contributed by atoms with Crippen LogP contribution in [0, 0.1) is 5.92 Å². The van der Waals surface area contributed by atoms with Gasteiger partial charge >= 0.3 is 0 Å². The number of furan rings is 1. The lowest BCUT2D eigenvalue weighted by atomic mass is 10.1. The Kier molecular flexibility index (Phi) is 5.72. The van der Waals surface area contributed by atoms with Gasteiger partial charge in [-0.2, -0.15) is 0 Å². The molecule has 3 heterocycles. The summed E-state index contributed by atoms with van der Waals surface area (Å²) in [6.45, 7) is 0.398. The highest BCUT2D eigenvalue weighted by Crippen LogP contribution is 2.37. The molecule has 0 spiro atoms. The Balaban J connectivity index is 1.20. The Labute approximate surface area is 195 Å². The van der Waals surface area contributed by atoms with E-state index in [0.29, 0.717) is 28.6 Å². The molecule has 2 aliphatic rings. The molecule has 176 valence electrons. The van der Waals surface area contributed by atoms with Crippen LogP contribution in [0.2, 0.25) is 0 Å². The van der Waals surface area contributed by atoms with Gasteiger partial charge in [-0.3, -0.25) is 9.59 Å². The quantitative estimate of drug-likeness (QED) is 0.529. The molecule has 2 aliphatic heterocycles. The maximum atomic E-state index is 12.8. The molecule has 0 saturated carbocycles. The second-order valence-electron chi connectivity index (χ2n) is 7.86. The van der Waals surface area contributed by atoms with Crippen molar-refractivity contribution in [2.24, 2.45) is 5.92 Å². The van der Waals surface area contributed by atoms with Gasteiger partial charge in [0, 0.05) is 30.4 Å². The van der Waals surface area contributed by atoms with E-state index in [4.69, 9.17) is 13.9 Å². The van der Waals surface area contributed by atoms with Crippen molar-refractivity contribution in [3.8, 4) is 11.5 Å². The zero-order valence-corrected chi connectivity index (χ0v) is 18.7. The summed E-state index contributed by atoms with van der Waals surface area (Å²) in [6.07, 6.45) is 1.54. The number of hydrogen-bond acceptors (Lipinski definition) is 7. The molecule has 11 heteroatoms. The van der Waals surface area contributed by atoms with Crippen LogP contribution in [0.4, 0.5) is 11.4 Å². The number of nitrogens with zero attached hydrogens (tertiary/aromatic N) is 1. The maximum Gasteiger partial charge on any atom is 0.240 e. The largest absolute Gasteiger partial charge is 0.468 e. The molecule has 3 aromatic rings. The van der Waals surface area contributed by atoms with E-state index in [1.54, 1.807) is 35.2 Å². The van der Waals surface area contributed by atoms with Gasteiger partial charge in [0.15, 0.2) is 11.5 Å². The van der Waals surface area contributed by atoms with Crippen LogP contribution in [0.5, 0.6) is 11.5 Å². The van der Waals surface area contributed by atoms with Gasteiger partial charge in [0.25, 0.3) is 0 Å². The van der Waals surface area contributed by atoms with Gasteiger partial charge < -0.3 is 24.1 Å². The predicted octanol–water partition coefficient (Wildman–Crippen LogP) is 2.48. The van der Waals surface area contributed by atoms with Gasteiger partial charge in [-0.15, -0.1) is 0 Å². The molecule has 2 amide bonds. The summed E-state index contributed by atoms with van der Waals surface area (Å²) < 4.78 is 43.1. The van der Waals surface area contributed by atoms with Gasteiger partial charge in [0.2, 0.25) is 28.6 Å². The number of hydrogen-bond donors (Lipinski definition) is 2. The van der Waals surface area contributed by atoms with Crippen molar-refractivity contribution in [2.45, 2.75) is 17.9 Å². The minimum absolute atomic E-state index is 0.0311. The fourth-order valence-electron chi connectivity index (χ4n) is 3.81. The fraction of sp³-hybridized carbons (Fsp3) is 0.217. The number of amides is 2. The first-order valence-electron chi connectivity index (χ1n) is 10.5. The van der Waals surface area contributed by atoms with Crippen molar-refractivity contribution in [1.82, 2.24) is 4.72 Å². The third kappa shape index (κ3) is 4.47. The average molecular weight is 484 g/mol. The van der Waals surface area contributed by atoms with Crippen molar-refractivity contribution < 1.29 is 31.9 Å². The summed E-state index contributed by atoms with van der Waals surface area (Å²) >= 11 is 0. The van der Waals surface area contributed by atoms with Gasteiger partial charge in [-0.1, -0.05) is 0 Å². The Morgan fingerprint density at radius 3 is 2.62 bits per heavy atom. The summed E-state index contributed by atoms with van der Waals surface area (Å²) in [6, 6.07) is 14.4. The number of fused-ring (bicyclic) bond motifs is 1. The smallest absolute Gasteiger partial charge is 0.240 e. The molecule has 1 unspecified atom stereocenters. The highest BCUT2D eigenvalue weighted by molar-refractivity contribution is 7.89. The van der Waals surface area contributed by atoms with Crippen LogP contribution in [0.15, 0.2) is 70.2 Å². The van der Waals surface area contributed by atoms with Crippen molar-refractivity contribution in [3.63, 3.8) is 0 Å². The van der Waals surface area contributed by atoms with Crippen LogP contribution in [0.25, 0.3) is 0 Å². The monoisotopic (exact) mass is 483 g/mol. The van der Waals surface area contributed by atoms with Gasteiger partial charge in [0.05, 0.1) is 23.6 Å². The Hall–Kier alpha value is -3.83. The predicted molar refractivity (Wildman–Crippen MR) is 121 cm³/mol. The third-order valence-electron chi connectivity index (χ3n) is 5.61. The highest BCUT2D eigenvalue weighted by Gasteiger charge is 2.35. The van der Waals surface area contributed by atoms with E-state index >= 15 is 0 Å². The van der Waals surface area contributed by atoms with E-state index in [0.717, 1.165) is 0 Å². The molecule has 10 nitrogen and oxygen atoms in total. The molecule has 0 radical (unpaired) electrons. The summed E-state index contributed by atoms with van der Waals surface area (Å²) in [4.78, 5) is 26.9. The number of carbonyl (C=O) groups excluding carboxylic acids is 2. The molecule has 2 N–H and O–H groups in total. The van der Waals surface area contributed by atoms with Crippen molar-refractivity contribution in [3.05, 3.63) is 66.6 Å². The Bertz CT molecular complexity index is 1320. The fourth-order valence-corrected chi connectivity index (χ4v) is 4.80. The standard InChI is InChI=1S/C23H21N3O7S/c27-22-10-15(13-26(22)17-5-8-20-21(11-17)33-14-32-20)23(28)25-16-3-6-19(7-4-16)34(29,30)24-12-18-2-1-9-31-18/h1-9,11,15,24H,10,12-14H2,(H,25,28). The minimum atomic E-state index is -3.74.